The third-order valence-electron chi connectivity index (χ3n) is 5.07. The first-order valence-electron chi connectivity index (χ1n) is 10.8. The van der Waals surface area contributed by atoms with Crippen LogP contribution in [0, 0.1) is 5.82 Å². The second-order valence-corrected chi connectivity index (χ2v) is 9.52. The first-order chi connectivity index (χ1) is 16.5. The van der Waals surface area contributed by atoms with Crippen LogP contribution in [0.1, 0.15) is 16.9 Å². The average molecular weight is 548 g/mol. The molecule has 3 aromatic rings. The van der Waals surface area contributed by atoms with Crippen LogP contribution < -0.4 is 5.32 Å². The quantitative estimate of drug-likeness (QED) is 0.311. The maximum Gasteiger partial charge on any atom is 0.322 e. The molecule has 0 aliphatic rings. The van der Waals surface area contributed by atoms with Gasteiger partial charge in [0, 0.05) is 36.2 Å². The summed E-state index contributed by atoms with van der Waals surface area (Å²) in [6.45, 7) is 1.47. The first-order valence-corrected chi connectivity index (χ1v) is 12.5. The SMILES string of the molecule is COCCCN(CC(=O)N(Cc1ccc(F)cc1)Cc1cccs1)C(=O)Nc1ccccc1Br. The molecule has 1 aromatic heterocycles. The summed E-state index contributed by atoms with van der Waals surface area (Å²) in [4.78, 5) is 30.7. The predicted octanol–water partition coefficient (Wildman–Crippen LogP) is 5.75. The van der Waals surface area contributed by atoms with Crippen LogP contribution in [0.15, 0.2) is 70.5 Å². The monoisotopic (exact) mass is 547 g/mol. The number of rotatable bonds is 11. The maximum atomic E-state index is 13.4. The molecule has 3 amide bonds. The Morgan fingerprint density at radius 1 is 1.03 bits per heavy atom. The number of nitrogens with one attached hydrogen (secondary N) is 1. The lowest BCUT2D eigenvalue weighted by atomic mass is 10.2. The number of urea groups is 1. The molecule has 2 aromatic carbocycles. The zero-order chi connectivity index (χ0) is 24.3. The van der Waals surface area contributed by atoms with E-state index in [2.05, 4.69) is 21.2 Å². The molecule has 0 atom stereocenters. The lowest BCUT2D eigenvalue weighted by molar-refractivity contribution is -0.133. The molecule has 9 heteroatoms. The van der Waals surface area contributed by atoms with E-state index in [4.69, 9.17) is 4.74 Å². The van der Waals surface area contributed by atoms with E-state index in [1.165, 1.54) is 17.0 Å². The van der Waals surface area contributed by atoms with Gasteiger partial charge in [-0.1, -0.05) is 30.3 Å². The molecule has 1 heterocycles. The second kappa shape index (κ2) is 13.2. The van der Waals surface area contributed by atoms with Gasteiger partial charge in [0.05, 0.1) is 12.2 Å². The van der Waals surface area contributed by atoms with E-state index >= 15 is 0 Å². The number of benzene rings is 2. The van der Waals surface area contributed by atoms with Gasteiger partial charge in [-0.25, -0.2) is 9.18 Å². The summed E-state index contributed by atoms with van der Waals surface area (Å²) >= 11 is 4.99. The fourth-order valence-corrected chi connectivity index (χ4v) is 4.41. The molecule has 0 bridgehead atoms. The Labute approximate surface area is 211 Å². The maximum absolute atomic E-state index is 13.4. The summed E-state index contributed by atoms with van der Waals surface area (Å²) in [6.07, 6.45) is 0.593. The van der Waals surface area contributed by atoms with E-state index in [1.807, 2.05) is 35.7 Å². The zero-order valence-electron chi connectivity index (χ0n) is 18.9. The number of ether oxygens (including phenoxy) is 1. The Hall–Kier alpha value is -2.75. The summed E-state index contributed by atoms with van der Waals surface area (Å²) in [7, 11) is 1.60. The zero-order valence-corrected chi connectivity index (χ0v) is 21.3. The molecule has 180 valence electrons. The van der Waals surface area contributed by atoms with Gasteiger partial charge in [0.25, 0.3) is 0 Å². The normalized spacial score (nSPS) is 10.7. The lowest BCUT2D eigenvalue weighted by Crippen LogP contribution is -2.44. The van der Waals surface area contributed by atoms with Crippen molar-refractivity contribution in [2.75, 3.05) is 32.1 Å². The number of nitrogens with zero attached hydrogens (tertiary/aromatic N) is 2. The van der Waals surface area contributed by atoms with Crippen molar-refractivity contribution in [3.63, 3.8) is 0 Å². The predicted molar refractivity (Wildman–Crippen MR) is 136 cm³/mol. The smallest absolute Gasteiger partial charge is 0.322 e. The molecule has 1 N–H and O–H groups in total. The number of anilines is 1. The Morgan fingerprint density at radius 3 is 2.47 bits per heavy atom. The van der Waals surface area contributed by atoms with Crippen LogP contribution in [0.5, 0.6) is 0 Å². The molecule has 0 saturated carbocycles. The van der Waals surface area contributed by atoms with E-state index in [-0.39, 0.29) is 24.3 Å². The minimum absolute atomic E-state index is 0.0907. The van der Waals surface area contributed by atoms with Crippen molar-refractivity contribution in [3.05, 3.63) is 86.8 Å². The van der Waals surface area contributed by atoms with Gasteiger partial charge >= 0.3 is 6.03 Å². The summed E-state index contributed by atoms with van der Waals surface area (Å²) in [6, 6.07) is 16.9. The Balaban J connectivity index is 1.75. The number of thiophene rings is 1. The number of hydrogen-bond donors (Lipinski definition) is 1. The van der Waals surface area contributed by atoms with Gasteiger partial charge in [0.15, 0.2) is 0 Å². The Kier molecular flexibility index (Phi) is 10.1. The molecule has 0 radical (unpaired) electrons. The third kappa shape index (κ3) is 7.93. The number of carbonyl (C=O) groups excluding carboxylic acids is 2. The van der Waals surface area contributed by atoms with Crippen molar-refractivity contribution in [1.82, 2.24) is 9.80 Å². The molecular weight excluding hydrogens is 521 g/mol. The van der Waals surface area contributed by atoms with Crippen LogP contribution in [0.4, 0.5) is 14.9 Å². The highest BCUT2D eigenvalue weighted by molar-refractivity contribution is 9.10. The molecule has 3 rings (SSSR count). The topological polar surface area (TPSA) is 61.9 Å². The van der Waals surface area contributed by atoms with E-state index in [9.17, 15) is 14.0 Å². The van der Waals surface area contributed by atoms with Gasteiger partial charge in [0.1, 0.15) is 12.4 Å². The van der Waals surface area contributed by atoms with Crippen LogP contribution in [-0.2, 0) is 22.6 Å². The number of halogens is 2. The fraction of sp³-hybridized carbons (Fsp3) is 0.280. The summed E-state index contributed by atoms with van der Waals surface area (Å²) in [5, 5.41) is 4.83. The summed E-state index contributed by atoms with van der Waals surface area (Å²) < 4.78 is 19.2. The Morgan fingerprint density at radius 2 is 1.79 bits per heavy atom. The fourth-order valence-electron chi connectivity index (χ4n) is 3.31. The largest absolute Gasteiger partial charge is 0.385 e. The van der Waals surface area contributed by atoms with E-state index < -0.39 is 0 Å². The number of carbonyl (C=O) groups is 2. The lowest BCUT2D eigenvalue weighted by Gasteiger charge is -2.28. The molecule has 0 aliphatic heterocycles. The van der Waals surface area contributed by atoms with Crippen molar-refractivity contribution >= 4 is 44.9 Å². The van der Waals surface area contributed by atoms with Crippen LogP contribution >= 0.6 is 27.3 Å². The standard InChI is InChI=1S/C25H27BrFN3O3S/c1-33-14-5-13-29(25(32)28-23-8-3-2-7-22(23)26)18-24(31)30(17-21-6-4-15-34-21)16-19-9-11-20(27)12-10-19/h2-4,6-12,15H,5,13-14,16-18H2,1H3,(H,28,32). The summed E-state index contributed by atoms with van der Waals surface area (Å²) in [5.41, 5.74) is 1.44. The molecule has 0 saturated heterocycles. The highest BCUT2D eigenvalue weighted by Crippen LogP contribution is 2.22. The second-order valence-electron chi connectivity index (χ2n) is 7.63. The molecule has 0 unspecified atom stereocenters. The van der Waals surface area contributed by atoms with Crippen molar-refractivity contribution in [2.24, 2.45) is 0 Å². The van der Waals surface area contributed by atoms with Crippen molar-refractivity contribution in [3.8, 4) is 0 Å². The van der Waals surface area contributed by atoms with E-state index in [1.54, 1.807) is 41.5 Å². The van der Waals surface area contributed by atoms with Crippen LogP contribution in [-0.4, -0.2) is 48.5 Å². The number of methoxy groups -OCH3 is 1. The minimum atomic E-state index is -0.366. The molecular formula is C25H27BrFN3O3S. The van der Waals surface area contributed by atoms with Crippen LogP contribution in [0.2, 0.25) is 0 Å². The van der Waals surface area contributed by atoms with Gasteiger partial charge in [-0.15, -0.1) is 11.3 Å². The molecule has 0 spiro atoms. The highest BCUT2D eigenvalue weighted by atomic mass is 79.9. The number of para-hydroxylation sites is 1. The van der Waals surface area contributed by atoms with Crippen molar-refractivity contribution < 1.29 is 18.7 Å². The van der Waals surface area contributed by atoms with Crippen molar-refractivity contribution in [1.29, 1.82) is 0 Å². The van der Waals surface area contributed by atoms with Crippen LogP contribution in [0.3, 0.4) is 0 Å². The highest BCUT2D eigenvalue weighted by Gasteiger charge is 2.22. The van der Waals surface area contributed by atoms with Gasteiger partial charge in [-0.05, 0) is 63.6 Å². The van der Waals surface area contributed by atoms with E-state index in [0.717, 1.165) is 14.9 Å². The van der Waals surface area contributed by atoms with Gasteiger partial charge in [-0.2, -0.15) is 0 Å². The summed E-state index contributed by atoms with van der Waals surface area (Å²) in [5.74, 6) is -0.523. The average Bonchev–Trinajstić information content (AvgIpc) is 3.34. The molecule has 6 nitrogen and oxygen atoms in total. The molecule has 0 fully saturated rings. The van der Waals surface area contributed by atoms with E-state index in [0.29, 0.717) is 38.3 Å². The number of hydrogen-bond acceptors (Lipinski definition) is 4. The van der Waals surface area contributed by atoms with Gasteiger partial charge in [-0.3, -0.25) is 4.79 Å². The molecule has 34 heavy (non-hydrogen) atoms. The Bertz CT molecular complexity index is 1060. The third-order valence-corrected chi connectivity index (χ3v) is 6.62. The van der Waals surface area contributed by atoms with Gasteiger partial charge in [0.2, 0.25) is 5.91 Å². The van der Waals surface area contributed by atoms with Crippen molar-refractivity contribution in [2.45, 2.75) is 19.5 Å². The number of amides is 3. The van der Waals surface area contributed by atoms with Crippen LogP contribution in [0.25, 0.3) is 0 Å². The minimum Gasteiger partial charge on any atom is -0.385 e. The van der Waals surface area contributed by atoms with Gasteiger partial charge < -0.3 is 19.9 Å². The first kappa shape index (κ1) is 25.9. The molecule has 0 aliphatic carbocycles.